The average molecular weight is 385 g/mol. The number of nitrogens with one attached hydrogen (secondary N) is 1. The van der Waals surface area contributed by atoms with Crippen LogP contribution in [0.3, 0.4) is 0 Å². The number of nitrogens with zero attached hydrogens (tertiary/aromatic N) is 4. The number of hydrogen-bond acceptors (Lipinski definition) is 6. The SMILES string of the molecule is CN(C)c1ccc(C=Nc2ccc(NN3C(=O)c4ccccc4C3=O)nc2)cc1. The van der Waals surface area contributed by atoms with E-state index in [0.29, 0.717) is 22.6 Å². The van der Waals surface area contributed by atoms with E-state index in [9.17, 15) is 9.59 Å². The van der Waals surface area contributed by atoms with Crippen molar-refractivity contribution in [3.05, 3.63) is 83.6 Å². The van der Waals surface area contributed by atoms with Crippen molar-refractivity contribution in [2.24, 2.45) is 4.99 Å². The number of hydrogen-bond donors (Lipinski definition) is 1. The molecule has 2 heterocycles. The van der Waals surface area contributed by atoms with Crippen molar-refractivity contribution in [1.29, 1.82) is 0 Å². The third kappa shape index (κ3) is 3.70. The van der Waals surface area contributed by atoms with Crippen LogP contribution in [0, 0.1) is 0 Å². The second-order valence-electron chi connectivity index (χ2n) is 6.75. The molecule has 0 aliphatic carbocycles. The van der Waals surface area contributed by atoms with E-state index in [2.05, 4.69) is 15.4 Å². The smallest absolute Gasteiger partial charge is 0.280 e. The van der Waals surface area contributed by atoms with Gasteiger partial charge in [0.25, 0.3) is 11.8 Å². The Bertz CT molecular complexity index is 1050. The van der Waals surface area contributed by atoms with Gasteiger partial charge in [0.05, 0.1) is 23.0 Å². The van der Waals surface area contributed by atoms with Crippen LogP contribution in [0.25, 0.3) is 0 Å². The van der Waals surface area contributed by atoms with Gasteiger partial charge in [-0.25, -0.2) is 4.98 Å². The summed E-state index contributed by atoms with van der Waals surface area (Å²) in [6.07, 6.45) is 3.33. The number of amides is 2. The lowest BCUT2D eigenvalue weighted by Crippen LogP contribution is -2.35. The normalized spacial score (nSPS) is 13.1. The highest BCUT2D eigenvalue weighted by molar-refractivity contribution is 6.21. The number of aromatic nitrogens is 1. The molecule has 144 valence electrons. The van der Waals surface area contributed by atoms with Crippen molar-refractivity contribution in [1.82, 2.24) is 9.99 Å². The van der Waals surface area contributed by atoms with Crippen LogP contribution >= 0.6 is 0 Å². The first kappa shape index (κ1) is 18.4. The lowest BCUT2D eigenvalue weighted by Gasteiger charge is -2.15. The van der Waals surface area contributed by atoms with Gasteiger partial charge in [-0.05, 0) is 42.0 Å². The number of imide groups is 1. The van der Waals surface area contributed by atoms with Crippen LogP contribution in [-0.2, 0) is 0 Å². The quantitative estimate of drug-likeness (QED) is 0.537. The zero-order valence-electron chi connectivity index (χ0n) is 16.0. The third-order valence-electron chi connectivity index (χ3n) is 4.54. The van der Waals surface area contributed by atoms with Crippen molar-refractivity contribution >= 4 is 35.2 Å². The molecule has 2 aromatic carbocycles. The van der Waals surface area contributed by atoms with Crippen LogP contribution < -0.4 is 10.3 Å². The summed E-state index contributed by atoms with van der Waals surface area (Å²) >= 11 is 0. The molecular weight excluding hydrogens is 366 g/mol. The highest BCUT2D eigenvalue weighted by Gasteiger charge is 2.35. The summed E-state index contributed by atoms with van der Waals surface area (Å²) in [5.74, 6) is -0.403. The summed E-state index contributed by atoms with van der Waals surface area (Å²) in [5.41, 5.74) is 6.29. The van der Waals surface area contributed by atoms with Gasteiger partial charge in [0.15, 0.2) is 0 Å². The molecule has 0 bridgehead atoms. The van der Waals surface area contributed by atoms with Gasteiger partial charge in [-0.2, -0.15) is 5.01 Å². The number of anilines is 2. The molecule has 1 aliphatic rings. The Kier molecular flexibility index (Phi) is 4.78. The molecule has 1 aliphatic heterocycles. The van der Waals surface area contributed by atoms with Gasteiger partial charge in [-0.15, -0.1) is 0 Å². The standard InChI is InChI=1S/C22H19N5O2/c1-26(2)17-10-7-15(8-11-17)13-23-16-9-12-20(24-14-16)25-27-21(28)18-5-3-4-6-19(18)22(27)29/h3-14H,1-2H3,(H,24,25). The van der Waals surface area contributed by atoms with Gasteiger partial charge in [0.2, 0.25) is 0 Å². The summed E-state index contributed by atoms with van der Waals surface area (Å²) in [6.45, 7) is 0. The number of hydrazine groups is 1. The van der Waals surface area contributed by atoms with Crippen LogP contribution in [-0.4, -0.2) is 42.1 Å². The number of fused-ring (bicyclic) bond motifs is 1. The van der Waals surface area contributed by atoms with E-state index >= 15 is 0 Å². The van der Waals surface area contributed by atoms with Crippen molar-refractivity contribution in [2.75, 3.05) is 24.4 Å². The first-order valence-electron chi connectivity index (χ1n) is 9.05. The molecule has 0 saturated carbocycles. The minimum absolute atomic E-state index is 0.381. The van der Waals surface area contributed by atoms with Crippen molar-refractivity contribution in [3.63, 3.8) is 0 Å². The van der Waals surface area contributed by atoms with E-state index < -0.39 is 11.8 Å². The number of carbonyl (C=O) groups excluding carboxylic acids is 2. The summed E-state index contributed by atoms with van der Waals surface area (Å²) < 4.78 is 0. The second kappa shape index (κ2) is 7.55. The average Bonchev–Trinajstić information content (AvgIpc) is 2.98. The zero-order chi connectivity index (χ0) is 20.4. The molecule has 0 fully saturated rings. The Balaban J connectivity index is 1.43. The molecular formula is C22H19N5O2. The summed E-state index contributed by atoms with van der Waals surface area (Å²) in [4.78, 5) is 35.5. The molecule has 2 amide bonds. The minimum Gasteiger partial charge on any atom is -0.378 e. The maximum atomic E-state index is 12.4. The molecule has 0 radical (unpaired) electrons. The Morgan fingerprint density at radius 3 is 2.14 bits per heavy atom. The predicted octanol–water partition coefficient (Wildman–Crippen LogP) is 3.52. The van der Waals surface area contributed by atoms with Crippen LogP contribution in [0.1, 0.15) is 26.3 Å². The number of carbonyl (C=O) groups is 2. The van der Waals surface area contributed by atoms with E-state index in [1.54, 1.807) is 48.8 Å². The van der Waals surface area contributed by atoms with Crippen molar-refractivity contribution < 1.29 is 9.59 Å². The van der Waals surface area contributed by atoms with Crippen molar-refractivity contribution in [2.45, 2.75) is 0 Å². The van der Waals surface area contributed by atoms with Crippen LogP contribution in [0.4, 0.5) is 17.2 Å². The van der Waals surface area contributed by atoms with Gasteiger partial charge in [0.1, 0.15) is 5.82 Å². The monoisotopic (exact) mass is 385 g/mol. The van der Waals surface area contributed by atoms with Gasteiger partial charge < -0.3 is 4.90 Å². The number of aliphatic imine (C=N–C) groups is 1. The zero-order valence-corrected chi connectivity index (χ0v) is 16.0. The molecule has 0 saturated heterocycles. The molecule has 29 heavy (non-hydrogen) atoms. The molecule has 0 spiro atoms. The van der Waals surface area contributed by atoms with E-state index in [4.69, 9.17) is 0 Å². The van der Waals surface area contributed by atoms with E-state index in [1.807, 2.05) is 43.3 Å². The van der Waals surface area contributed by atoms with Crippen LogP contribution in [0.5, 0.6) is 0 Å². The van der Waals surface area contributed by atoms with Crippen LogP contribution in [0.2, 0.25) is 0 Å². The van der Waals surface area contributed by atoms with Gasteiger partial charge in [-0.3, -0.25) is 20.0 Å². The van der Waals surface area contributed by atoms with Gasteiger partial charge in [0, 0.05) is 26.0 Å². The maximum absolute atomic E-state index is 12.4. The molecule has 7 heteroatoms. The van der Waals surface area contributed by atoms with E-state index in [1.165, 1.54) is 0 Å². The largest absolute Gasteiger partial charge is 0.378 e. The number of pyridine rings is 1. The lowest BCUT2D eigenvalue weighted by atomic mass is 10.1. The minimum atomic E-state index is -0.393. The molecule has 3 aromatic rings. The topological polar surface area (TPSA) is 77.9 Å². The second-order valence-corrected chi connectivity index (χ2v) is 6.75. The van der Waals surface area contributed by atoms with E-state index in [-0.39, 0.29) is 0 Å². The Hall–Kier alpha value is -4.00. The van der Waals surface area contributed by atoms with Gasteiger partial charge >= 0.3 is 0 Å². The molecule has 4 rings (SSSR count). The Morgan fingerprint density at radius 2 is 1.59 bits per heavy atom. The third-order valence-corrected chi connectivity index (χ3v) is 4.54. The summed E-state index contributed by atoms with van der Waals surface area (Å²) in [7, 11) is 3.98. The molecule has 7 nitrogen and oxygen atoms in total. The molecule has 1 aromatic heterocycles. The molecule has 0 unspecified atom stereocenters. The van der Waals surface area contributed by atoms with Crippen molar-refractivity contribution in [3.8, 4) is 0 Å². The number of benzene rings is 2. The van der Waals surface area contributed by atoms with Gasteiger partial charge in [-0.1, -0.05) is 24.3 Å². The highest BCUT2D eigenvalue weighted by Crippen LogP contribution is 2.23. The molecule has 1 N–H and O–H groups in total. The van der Waals surface area contributed by atoms with E-state index in [0.717, 1.165) is 16.3 Å². The predicted molar refractivity (Wildman–Crippen MR) is 113 cm³/mol. The fraction of sp³-hybridized carbons (Fsp3) is 0.0909. The highest BCUT2D eigenvalue weighted by atomic mass is 16.2. The Morgan fingerprint density at radius 1 is 0.931 bits per heavy atom. The maximum Gasteiger partial charge on any atom is 0.280 e. The summed E-state index contributed by atoms with van der Waals surface area (Å²) in [5, 5.41) is 0.974. The summed E-state index contributed by atoms with van der Waals surface area (Å²) in [6, 6.07) is 18.2. The molecule has 0 atom stereocenters. The fourth-order valence-corrected chi connectivity index (χ4v) is 2.94. The first-order valence-corrected chi connectivity index (χ1v) is 9.05. The van der Waals surface area contributed by atoms with Crippen LogP contribution in [0.15, 0.2) is 71.9 Å². The fourth-order valence-electron chi connectivity index (χ4n) is 2.94. The lowest BCUT2D eigenvalue weighted by molar-refractivity contribution is 0.0690. The number of rotatable bonds is 5. The first-order chi connectivity index (χ1) is 14.0. The Labute approximate surface area is 168 Å².